The number of nitrogens with one attached hydrogen (secondary N) is 2. The Balaban J connectivity index is 1.57. The number of fused-ring (bicyclic) bond motifs is 1. The molecule has 128 valence electrons. The van der Waals surface area contributed by atoms with Gasteiger partial charge in [0.15, 0.2) is 0 Å². The summed E-state index contributed by atoms with van der Waals surface area (Å²) in [6, 6.07) is 15.1. The monoisotopic (exact) mass is 335 g/mol. The third-order valence-electron chi connectivity index (χ3n) is 4.83. The molecule has 0 aliphatic heterocycles. The van der Waals surface area contributed by atoms with Crippen molar-refractivity contribution in [2.24, 2.45) is 0 Å². The summed E-state index contributed by atoms with van der Waals surface area (Å²) in [6.07, 6.45) is 3.20. The highest BCUT2D eigenvalue weighted by Gasteiger charge is 2.24. The number of H-pyrrole nitrogens is 1. The van der Waals surface area contributed by atoms with Gasteiger partial charge in [0.05, 0.1) is 23.2 Å². The number of benzene rings is 2. The van der Waals surface area contributed by atoms with Crippen LogP contribution in [0.15, 0.2) is 48.5 Å². The average molecular weight is 335 g/mol. The predicted molar refractivity (Wildman–Crippen MR) is 97.3 cm³/mol. The van der Waals surface area contributed by atoms with Crippen LogP contribution in [-0.2, 0) is 0 Å². The van der Waals surface area contributed by atoms with Gasteiger partial charge in [0, 0.05) is 11.1 Å². The van der Waals surface area contributed by atoms with E-state index in [2.05, 4.69) is 15.3 Å². The van der Waals surface area contributed by atoms with Gasteiger partial charge >= 0.3 is 0 Å². The van der Waals surface area contributed by atoms with Gasteiger partial charge in [-0.1, -0.05) is 37.1 Å². The Kier molecular flexibility index (Phi) is 4.24. The minimum absolute atomic E-state index is 0.149. The largest absolute Gasteiger partial charge is 0.391 e. The van der Waals surface area contributed by atoms with E-state index in [-0.39, 0.29) is 11.9 Å². The lowest BCUT2D eigenvalue weighted by Crippen LogP contribution is -2.45. The number of aliphatic hydroxyl groups excluding tert-OH is 1. The predicted octanol–water partition coefficient (Wildman–Crippen LogP) is 3.26. The quantitative estimate of drug-likeness (QED) is 0.687. The van der Waals surface area contributed by atoms with Gasteiger partial charge in [0.25, 0.3) is 5.91 Å². The normalized spacial score (nSPS) is 20.5. The van der Waals surface area contributed by atoms with Gasteiger partial charge in [-0.2, -0.15) is 0 Å². The molecule has 3 aromatic rings. The molecule has 1 aliphatic carbocycles. The highest BCUT2D eigenvalue weighted by atomic mass is 16.3. The highest BCUT2D eigenvalue weighted by molar-refractivity contribution is 5.95. The van der Waals surface area contributed by atoms with Crippen molar-refractivity contribution in [1.29, 1.82) is 0 Å². The molecule has 5 nitrogen and oxygen atoms in total. The average Bonchev–Trinajstić information content (AvgIpc) is 3.08. The fourth-order valence-electron chi connectivity index (χ4n) is 3.43. The molecule has 1 saturated carbocycles. The Morgan fingerprint density at radius 3 is 2.80 bits per heavy atom. The summed E-state index contributed by atoms with van der Waals surface area (Å²) in [5, 5.41) is 13.0. The van der Waals surface area contributed by atoms with E-state index < -0.39 is 6.10 Å². The number of carbonyl (C=O) groups excluding carboxylic acids is 1. The van der Waals surface area contributed by atoms with E-state index in [1.807, 2.05) is 42.5 Å². The number of hydrogen-bond donors (Lipinski definition) is 3. The van der Waals surface area contributed by atoms with Crippen molar-refractivity contribution in [3.63, 3.8) is 0 Å². The molecule has 5 heteroatoms. The zero-order chi connectivity index (χ0) is 17.2. The maximum Gasteiger partial charge on any atom is 0.251 e. The number of rotatable bonds is 3. The van der Waals surface area contributed by atoms with Crippen LogP contribution in [0.4, 0.5) is 0 Å². The number of carbonyl (C=O) groups is 1. The molecule has 1 aromatic heterocycles. The molecule has 0 bridgehead atoms. The number of nitrogens with zero attached hydrogens (tertiary/aromatic N) is 1. The molecule has 1 fully saturated rings. The maximum absolute atomic E-state index is 12.6. The van der Waals surface area contributed by atoms with E-state index >= 15 is 0 Å². The second-order valence-electron chi connectivity index (χ2n) is 6.62. The van der Waals surface area contributed by atoms with Crippen LogP contribution in [0.3, 0.4) is 0 Å². The summed E-state index contributed by atoms with van der Waals surface area (Å²) in [5.41, 5.74) is 3.32. The number of para-hydroxylation sites is 2. The number of hydrogen-bond acceptors (Lipinski definition) is 3. The van der Waals surface area contributed by atoms with E-state index in [1.165, 1.54) is 0 Å². The van der Waals surface area contributed by atoms with Gasteiger partial charge in [-0.25, -0.2) is 4.98 Å². The van der Waals surface area contributed by atoms with Crippen LogP contribution >= 0.6 is 0 Å². The van der Waals surface area contributed by atoms with E-state index in [0.717, 1.165) is 48.1 Å². The van der Waals surface area contributed by atoms with Crippen molar-refractivity contribution in [3.8, 4) is 11.4 Å². The van der Waals surface area contributed by atoms with Gasteiger partial charge in [0.2, 0.25) is 0 Å². The van der Waals surface area contributed by atoms with E-state index in [4.69, 9.17) is 0 Å². The Bertz CT molecular complexity index is 870. The van der Waals surface area contributed by atoms with Gasteiger partial charge < -0.3 is 15.4 Å². The van der Waals surface area contributed by atoms with Crippen molar-refractivity contribution in [3.05, 3.63) is 54.1 Å². The Labute approximate surface area is 146 Å². The molecule has 0 saturated heterocycles. The van der Waals surface area contributed by atoms with Crippen LogP contribution in [0.5, 0.6) is 0 Å². The number of amides is 1. The third kappa shape index (κ3) is 3.28. The molecule has 1 amide bonds. The van der Waals surface area contributed by atoms with Crippen molar-refractivity contribution in [2.45, 2.75) is 37.8 Å². The maximum atomic E-state index is 12.6. The summed E-state index contributed by atoms with van der Waals surface area (Å²) >= 11 is 0. The minimum atomic E-state index is -0.448. The smallest absolute Gasteiger partial charge is 0.251 e. The van der Waals surface area contributed by atoms with Gasteiger partial charge in [-0.3, -0.25) is 4.79 Å². The molecule has 1 aliphatic rings. The molecular formula is C20H21N3O2. The second-order valence-corrected chi connectivity index (χ2v) is 6.62. The molecule has 25 heavy (non-hydrogen) atoms. The molecule has 0 spiro atoms. The van der Waals surface area contributed by atoms with Gasteiger partial charge in [-0.05, 0) is 37.1 Å². The molecular weight excluding hydrogens is 314 g/mol. The fourth-order valence-corrected chi connectivity index (χ4v) is 3.43. The summed E-state index contributed by atoms with van der Waals surface area (Å²) in [4.78, 5) is 20.4. The SMILES string of the molecule is O=C(N[C@H]1CCCC[C@@H]1O)c1cccc(-c2nc3ccccc3[nH]2)c1. The van der Waals surface area contributed by atoms with E-state index in [1.54, 1.807) is 6.07 Å². The first kappa shape index (κ1) is 15.8. The lowest BCUT2D eigenvalue weighted by Gasteiger charge is -2.28. The fraction of sp³-hybridized carbons (Fsp3) is 0.300. The molecule has 0 radical (unpaired) electrons. The lowest BCUT2D eigenvalue weighted by atomic mass is 9.92. The minimum Gasteiger partial charge on any atom is -0.391 e. The molecule has 4 rings (SSSR count). The Morgan fingerprint density at radius 1 is 1.12 bits per heavy atom. The molecule has 2 aromatic carbocycles. The zero-order valence-corrected chi connectivity index (χ0v) is 13.9. The van der Waals surface area contributed by atoms with Crippen LogP contribution in [-0.4, -0.2) is 33.1 Å². The molecule has 0 unspecified atom stereocenters. The number of aromatic amines is 1. The first-order valence-corrected chi connectivity index (χ1v) is 8.75. The van der Waals surface area contributed by atoms with Gasteiger partial charge in [-0.15, -0.1) is 0 Å². The Hall–Kier alpha value is -2.66. The second kappa shape index (κ2) is 6.69. The molecule has 3 N–H and O–H groups in total. The topological polar surface area (TPSA) is 78.0 Å². The van der Waals surface area contributed by atoms with Crippen LogP contribution in [0.2, 0.25) is 0 Å². The first-order chi connectivity index (χ1) is 12.2. The highest BCUT2D eigenvalue weighted by Crippen LogP contribution is 2.22. The van der Waals surface area contributed by atoms with Crippen LogP contribution in [0.1, 0.15) is 36.0 Å². The summed E-state index contributed by atoms with van der Waals surface area (Å²) in [7, 11) is 0. The van der Waals surface area contributed by atoms with E-state index in [9.17, 15) is 9.90 Å². The number of aromatic nitrogens is 2. The van der Waals surface area contributed by atoms with Crippen molar-refractivity contribution < 1.29 is 9.90 Å². The lowest BCUT2D eigenvalue weighted by molar-refractivity contribution is 0.0717. The van der Waals surface area contributed by atoms with Crippen molar-refractivity contribution in [1.82, 2.24) is 15.3 Å². The molecule has 1 heterocycles. The van der Waals surface area contributed by atoms with E-state index in [0.29, 0.717) is 5.56 Å². The standard InChI is InChI=1S/C20H21N3O2/c24-18-11-4-3-10-17(18)23-20(25)14-7-5-6-13(12-14)19-21-15-8-1-2-9-16(15)22-19/h1-2,5-9,12,17-18,24H,3-4,10-11H2,(H,21,22)(H,23,25)/t17-,18-/m0/s1. The van der Waals surface area contributed by atoms with Crippen molar-refractivity contribution >= 4 is 16.9 Å². The number of imidazole rings is 1. The van der Waals surface area contributed by atoms with Crippen LogP contribution in [0, 0.1) is 0 Å². The third-order valence-corrected chi connectivity index (χ3v) is 4.83. The van der Waals surface area contributed by atoms with Crippen LogP contribution in [0.25, 0.3) is 22.4 Å². The molecule has 2 atom stereocenters. The zero-order valence-electron chi connectivity index (χ0n) is 13.9. The summed E-state index contributed by atoms with van der Waals surface area (Å²) in [6.45, 7) is 0. The van der Waals surface area contributed by atoms with Gasteiger partial charge in [0.1, 0.15) is 5.82 Å². The van der Waals surface area contributed by atoms with Crippen LogP contribution < -0.4 is 5.32 Å². The number of aliphatic hydroxyl groups is 1. The first-order valence-electron chi connectivity index (χ1n) is 8.75. The van der Waals surface area contributed by atoms with Crippen molar-refractivity contribution in [2.75, 3.05) is 0 Å². The summed E-state index contributed by atoms with van der Waals surface area (Å²) in [5.74, 6) is 0.595. The summed E-state index contributed by atoms with van der Waals surface area (Å²) < 4.78 is 0. The Morgan fingerprint density at radius 2 is 1.96 bits per heavy atom.